The Morgan fingerprint density at radius 2 is 1.84 bits per heavy atom. The molecule has 0 atom stereocenters. The Kier molecular flexibility index (Phi) is 3.29. The van der Waals surface area contributed by atoms with Crippen molar-refractivity contribution in [1.29, 1.82) is 0 Å². The number of carbonyl (C=O) groups is 1. The van der Waals surface area contributed by atoms with Crippen LogP contribution in [0.4, 0.5) is 0 Å². The van der Waals surface area contributed by atoms with E-state index in [-0.39, 0.29) is 5.97 Å². The summed E-state index contributed by atoms with van der Waals surface area (Å²) in [6.07, 6.45) is 0.324. The van der Waals surface area contributed by atoms with Gasteiger partial charge in [0.1, 0.15) is 5.75 Å². The average molecular weight is 268 g/mol. The van der Waals surface area contributed by atoms with Crippen LogP contribution >= 0.6 is 11.3 Å². The molecule has 3 aromatic rings. The zero-order valence-electron chi connectivity index (χ0n) is 10.2. The molecule has 2 aromatic carbocycles. The number of carbonyl (C=O) groups excluding carboxylic acids is 1. The van der Waals surface area contributed by atoms with E-state index in [0.717, 1.165) is 15.6 Å². The van der Waals surface area contributed by atoms with Gasteiger partial charge in [-0.1, -0.05) is 36.4 Å². The van der Waals surface area contributed by atoms with Crippen LogP contribution in [0.15, 0.2) is 60.0 Å². The Hall–Kier alpha value is -2.13. The van der Waals surface area contributed by atoms with Gasteiger partial charge in [0, 0.05) is 4.88 Å². The van der Waals surface area contributed by atoms with Gasteiger partial charge in [-0.3, -0.25) is 4.79 Å². The zero-order chi connectivity index (χ0) is 13.1. The van der Waals surface area contributed by atoms with Crippen molar-refractivity contribution < 1.29 is 9.53 Å². The normalized spacial score (nSPS) is 10.5. The van der Waals surface area contributed by atoms with Crippen LogP contribution in [0.2, 0.25) is 0 Å². The molecule has 0 unspecified atom stereocenters. The summed E-state index contributed by atoms with van der Waals surface area (Å²) < 4.78 is 5.36. The number of fused-ring (bicyclic) bond motifs is 1. The number of ether oxygens (including phenoxy) is 1. The smallest absolute Gasteiger partial charge is 0.316 e. The number of rotatable bonds is 3. The molecular weight excluding hydrogens is 256 g/mol. The predicted octanol–water partition coefficient (Wildman–Crippen LogP) is 4.05. The average Bonchev–Trinajstić information content (AvgIpc) is 2.91. The molecule has 94 valence electrons. The molecule has 0 spiro atoms. The molecule has 1 aromatic heterocycles. The summed E-state index contributed by atoms with van der Waals surface area (Å²) in [7, 11) is 0. The lowest BCUT2D eigenvalue weighted by Crippen LogP contribution is -2.10. The third kappa shape index (κ3) is 2.83. The summed E-state index contributed by atoms with van der Waals surface area (Å²) >= 11 is 1.56. The van der Waals surface area contributed by atoms with E-state index in [1.165, 1.54) is 0 Å². The SMILES string of the molecule is O=C(Cc1cccs1)Oc1ccc2ccccc2c1. The molecule has 0 radical (unpaired) electrons. The van der Waals surface area contributed by atoms with Crippen LogP contribution in [0, 0.1) is 0 Å². The standard InChI is InChI=1S/C16H12O2S/c17-16(11-15-6-3-9-19-15)18-14-8-7-12-4-1-2-5-13(12)10-14/h1-10H,11H2. The summed E-state index contributed by atoms with van der Waals surface area (Å²) in [5, 5.41) is 4.17. The van der Waals surface area contributed by atoms with Gasteiger partial charge in [-0.25, -0.2) is 0 Å². The fourth-order valence-electron chi connectivity index (χ4n) is 1.95. The molecule has 0 saturated carbocycles. The van der Waals surface area contributed by atoms with Gasteiger partial charge in [-0.2, -0.15) is 0 Å². The molecule has 0 amide bonds. The lowest BCUT2D eigenvalue weighted by molar-refractivity contribution is -0.133. The first-order valence-electron chi connectivity index (χ1n) is 6.03. The fraction of sp³-hybridized carbons (Fsp3) is 0.0625. The molecule has 0 saturated heterocycles. The van der Waals surface area contributed by atoms with Crippen molar-refractivity contribution in [1.82, 2.24) is 0 Å². The lowest BCUT2D eigenvalue weighted by atomic mass is 10.1. The van der Waals surface area contributed by atoms with Crippen LogP contribution < -0.4 is 4.74 Å². The summed E-state index contributed by atoms with van der Waals surface area (Å²) in [6, 6.07) is 17.6. The maximum atomic E-state index is 11.8. The summed E-state index contributed by atoms with van der Waals surface area (Å²) in [6.45, 7) is 0. The second kappa shape index (κ2) is 5.24. The Morgan fingerprint density at radius 3 is 2.63 bits per heavy atom. The van der Waals surface area contributed by atoms with Gasteiger partial charge in [0.2, 0.25) is 0 Å². The molecule has 1 heterocycles. The first-order chi connectivity index (χ1) is 9.31. The Morgan fingerprint density at radius 1 is 1.00 bits per heavy atom. The molecule has 0 aliphatic carbocycles. The Bertz CT molecular complexity index is 702. The highest BCUT2D eigenvalue weighted by Gasteiger charge is 2.07. The minimum Gasteiger partial charge on any atom is -0.426 e. The van der Waals surface area contributed by atoms with E-state index in [1.54, 1.807) is 11.3 Å². The summed E-state index contributed by atoms with van der Waals surface area (Å²) in [5.41, 5.74) is 0. The van der Waals surface area contributed by atoms with Crippen molar-refractivity contribution >= 4 is 28.1 Å². The Labute approximate surface area is 115 Å². The van der Waals surface area contributed by atoms with E-state index in [4.69, 9.17) is 4.74 Å². The van der Waals surface area contributed by atoms with Crippen molar-refractivity contribution in [3.05, 3.63) is 64.9 Å². The van der Waals surface area contributed by atoms with Gasteiger partial charge in [-0.05, 0) is 34.4 Å². The van der Waals surface area contributed by atoms with Crippen molar-refractivity contribution in [3.8, 4) is 5.75 Å². The maximum absolute atomic E-state index is 11.8. The highest BCUT2D eigenvalue weighted by molar-refractivity contribution is 7.10. The van der Waals surface area contributed by atoms with Crippen LogP contribution in [0.25, 0.3) is 10.8 Å². The van der Waals surface area contributed by atoms with Crippen LogP contribution in [-0.4, -0.2) is 5.97 Å². The second-order valence-electron chi connectivity index (χ2n) is 4.24. The zero-order valence-corrected chi connectivity index (χ0v) is 11.0. The van der Waals surface area contributed by atoms with Gasteiger partial charge in [0.05, 0.1) is 6.42 Å². The van der Waals surface area contributed by atoms with Crippen molar-refractivity contribution in [2.45, 2.75) is 6.42 Å². The number of thiophene rings is 1. The van der Waals surface area contributed by atoms with E-state index in [2.05, 4.69) is 0 Å². The predicted molar refractivity (Wildman–Crippen MR) is 77.6 cm³/mol. The molecule has 0 bridgehead atoms. The highest BCUT2D eigenvalue weighted by atomic mass is 32.1. The van der Waals surface area contributed by atoms with Crippen LogP contribution in [0.3, 0.4) is 0 Å². The summed E-state index contributed by atoms with van der Waals surface area (Å²) in [5.74, 6) is 0.373. The number of benzene rings is 2. The van der Waals surface area contributed by atoms with Crippen molar-refractivity contribution in [2.75, 3.05) is 0 Å². The monoisotopic (exact) mass is 268 g/mol. The minimum atomic E-state index is -0.224. The second-order valence-corrected chi connectivity index (χ2v) is 5.27. The van der Waals surface area contributed by atoms with Crippen LogP contribution in [0.5, 0.6) is 5.75 Å². The van der Waals surface area contributed by atoms with E-state index < -0.39 is 0 Å². The van der Waals surface area contributed by atoms with Crippen LogP contribution in [-0.2, 0) is 11.2 Å². The largest absolute Gasteiger partial charge is 0.426 e. The van der Waals surface area contributed by atoms with Gasteiger partial charge in [-0.15, -0.1) is 11.3 Å². The minimum absolute atomic E-state index is 0.224. The fourth-order valence-corrected chi connectivity index (χ4v) is 2.64. The quantitative estimate of drug-likeness (QED) is 0.529. The molecular formula is C16H12O2S. The molecule has 3 heteroatoms. The van der Waals surface area contributed by atoms with Gasteiger partial charge >= 0.3 is 5.97 Å². The molecule has 0 N–H and O–H groups in total. The molecule has 0 fully saturated rings. The lowest BCUT2D eigenvalue weighted by Gasteiger charge is -2.05. The number of esters is 1. The molecule has 2 nitrogen and oxygen atoms in total. The topological polar surface area (TPSA) is 26.3 Å². The molecule has 0 aliphatic heterocycles. The van der Waals surface area contributed by atoms with Crippen LogP contribution in [0.1, 0.15) is 4.88 Å². The van der Waals surface area contributed by atoms with Gasteiger partial charge < -0.3 is 4.74 Å². The first kappa shape index (κ1) is 11.9. The maximum Gasteiger partial charge on any atom is 0.316 e. The van der Waals surface area contributed by atoms with E-state index in [9.17, 15) is 4.79 Å². The van der Waals surface area contributed by atoms with Crippen molar-refractivity contribution in [3.63, 3.8) is 0 Å². The third-order valence-electron chi connectivity index (χ3n) is 2.85. The summed E-state index contributed by atoms with van der Waals surface area (Å²) in [4.78, 5) is 12.8. The Balaban J connectivity index is 1.75. The molecule has 19 heavy (non-hydrogen) atoms. The highest BCUT2D eigenvalue weighted by Crippen LogP contribution is 2.21. The van der Waals surface area contributed by atoms with Gasteiger partial charge in [0.25, 0.3) is 0 Å². The number of hydrogen-bond acceptors (Lipinski definition) is 3. The third-order valence-corrected chi connectivity index (χ3v) is 3.73. The first-order valence-corrected chi connectivity index (χ1v) is 6.91. The number of hydrogen-bond donors (Lipinski definition) is 0. The molecule has 3 rings (SSSR count). The van der Waals surface area contributed by atoms with E-state index >= 15 is 0 Å². The van der Waals surface area contributed by atoms with Crippen molar-refractivity contribution in [2.24, 2.45) is 0 Å². The van der Waals surface area contributed by atoms with E-state index in [1.807, 2.05) is 60.0 Å². The van der Waals surface area contributed by atoms with Gasteiger partial charge in [0.15, 0.2) is 0 Å². The van der Waals surface area contributed by atoms with E-state index in [0.29, 0.717) is 12.2 Å². The molecule has 0 aliphatic rings.